The van der Waals surface area contributed by atoms with Crippen LogP contribution in [0.1, 0.15) is 54.2 Å². The van der Waals surface area contributed by atoms with Gasteiger partial charge in [0.25, 0.3) is 5.91 Å². The first-order valence-electron chi connectivity index (χ1n) is 10.7. The van der Waals surface area contributed by atoms with Crippen molar-refractivity contribution in [2.24, 2.45) is 5.92 Å². The van der Waals surface area contributed by atoms with Gasteiger partial charge in [0, 0.05) is 23.4 Å². The Morgan fingerprint density at radius 1 is 1.34 bits per heavy atom. The molecule has 0 aliphatic heterocycles. The van der Waals surface area contributed by atoms with Crippen molar-refractivity contribution in [3.05, 3.63) is 71.5 Å². The molecule has 0 saturated heterocycles. The topological polar surface area (TPSA) is 116 Å². The molecule has 1 aliphatic carbocycles. The molecule has 8 heteroatoms. The highest BCUT2D eigenvalue weighted by Gasteiger charge is 2.27. The van der Waals surface area contributed by atoms with Crippen LogP contribution in [-0.4, -0.2) is 40.1 Å². The van der Waals surface area contributed by atoms with Gasteiger partial charge in [-0.3, -0.25) is 4.79 Å². The van der Waals surface area contributed by atoms with Crippen LogP contribution in [-0.2, 0) is 16.1 Å². The number of amides is 1. The second-order valence-corrected chi connectivity index (χ2v) is 8.22. The summed E-state index contributed by atoms with van der Waals surface area (Å²) in [6.45, 7) is 4.41. The van der Waals surface area contributed by atoms with E-state index in [9.17, 15) is 14.7 Å². The molecule has 2 aromatic rings. The third kappa shape index (κ3) is 5.78. The summed E-state index contributed by atoms with van der Waals surface area (Å²) in [6.07, 6.45) is 10.2. The largest absolute Gasteiger partial charge is 0.500 e. The van der Waals surface area contributed by atoms with Gasteiger partial charge in [-0.1, -0.05) is 26.0 Å². The maximum absolute atomic E-state index is 13.2. The number of aromatic amines is 1. The van der Waals surface area contributed by atoms with Crippen LogP contribution in [0.2, 0.25) is 0 Å². The zero-order chi connectivity index (χ0) is 23.1. The van der Waals surface area contributed by atoms with E-state index < -0.39 is 17.9 Å². The average molecular weight is 439 g/mol. The standard InChI is InChI=1S/C24H30N4O4/c1-15(2)10-21(24(30)31)28-23(29)19-9-8-16(26-13-17-12-25-14-27-17)11-20(19)18-6-4-5-7-22(18)32-3/h4-5,7-9,11-12,14-15,18,21,26H,6,10,13H2,1-3H3,(H,25,27)(H,28,29)(H,30,31)/t18?,21-/m0/s1. The van der Waals surface area contributed by atoms with E-state index in [0.717, 1.165) is 22.7 Å². The number of carboxylic acid groups (broad SMARTS) is 1. The monoisotopic (exact) mass is 438 g/mol. The Hall–Kier alpha value is -3.55. The molecule has 0 spiro atoms. The first-order valence-corrected chi connectivity index (χ1v) is 10.7. The van der Waals surface area contributed by atoms with Crippen molar-refractivity contribution in [1.82, 2.24) is 15.3 Å². The van der Waals surface area contributed by atoms with Crippen LogP contribution in [0.4, 0.5) is 5.69 Å². The first kappa shape index (κ1) is 23.1. The Morgan fingerprint density at radius 2 is 2.16 bits per heavy atom. The molecular formula is C24H30N4O4. The summed E-state index contributed by atoms with van der Waals surface area (Å²) >= 11 is 0. The lowest BCUT2D eigenvalue weighted by Gasteiger charge is -2.25. The average Bonchev–Trinajstić information content (AvgIpc) is 3.30. The highest BCUT2D eigenvalue weighted by Crippen LogP contribution is 2.35. The van der Waals surface area contributed by atoms with Crippen molar-refractivity contribution in [2.45, 2.75) is 45.2 Å². The lowest BCUT2D eigenvalue weighted by molar-refractivity contribution is -0.139. The number of nitrogens with one attached hydrogen (secondary N) is 3. The van der Waals surface area contributed by atoms with Crippen LogP contribution in [0.5, 0.6) is 0 Å². The van der Waals surface area contributed by atoms with Gasteiger partial charge in [-0.2, -0.15) is 0 Å². The second kappa shape index (κ2) is 10.7. The van der Waals surface area contributed by atoms with Crippen LogP contribution >= 0.6 is 0 Å². The lowest BCUT2D eigenvalue weighted by atomic mass is 9.86. The molecule has 1 unspecified atom stereocenters. The summed E-state index contributed by atoms with van der Waals surface area (Å²) in [5.74, 6) is -0.698. The molecule has 2 atom stereocenters. The number of imidazole rings is 1. The fourth-order valence-electron chi connectivity index (χ4n) is 3.78. The Bertz CT molecular complexity index is 995. The summed E-state index contributed by atoms with van der Waals surface area (Å²) in [5, 5.41) is 15.6. The predicted octanol–water partition coefficient (Wildman–Crippen LogP) is 3.82. The number of hydrogen-bond acceptors (Lipinski definition) is 5. The molecule has 4 N–H and O–H groups in total. The predicted molar refractivity (Wildman–Crippen MR) is 122 cm³/mol. The molecule has 3 rings (SSSR count). The van der Waals surface area contributed by atoms with Gasteiger partial charge in [0.15, 0.2) is 0 Å². The molecule has 8 nitrogen and oxygen atoms in total. The highest BCUT2D eigenvalue weighted by molar-refractivity contribution is 5.98. The molecule has 0 bridgehead atoms. The van der Waals surface area contributed by atoms with Crippen molar-refractivity contribution in [1.29, 1.82) is 0 Å². The third-order valence-electron chi connectivity index (χ3n) is 5.37. The van der Waals surface area contributed by atoms with Crippen molar-refractivity contribution in [2.75, 3.05) is 12.4 Å². The molecule has 0 saturated carbocycles. The normalized spacial score (nSPS) is 16.4. The first-order chi connectivity index (χ1) is 15.4. The summed E-state index contributed by atoms with van der Waals surface area (Å²) in [7, 11) is 1.61. The number of anilines is 1. The van der Waals surface area contributed by atoms with Crippen LogP contribution in [0.15, 0.2) is 54.7 Å². The number of allylic oxidation sites excluding steroid dienone is 4. The van der Waals surface area contributed by atoms with E-state index in [1.54, 1.807) is 25.7 Å². The number of carbonyl (C=O) groups is 2. The van der Waals surface area contributed by atoms with Gasteiger partial charge in [-0.25, -0.2) is 9.78 Å². The molecule has 1 aromatic heterocycles. The molecular weight excluding hydrogens is 408 g/mol. The van der Waals surface area contributed by atoms with E-state index in [1.807, 2.05) is 44.2 Å². The van der Waals surface area contributed by atoms with E-state index in [-0.39, 0.29) is 11.8 Å². The van der Waals surface area contributed by atoms with Gasteiger partial charge in [-0.15, -0.1) is 0 Å². The summed E-state index contributed by atoms with van der Waals surface area (Å²) in [5.41, 5.74) is 3.00. The number of ether oxygens (including phenoxy) is 1. The van der Waals surface area contributed by atoms with E-state index in [0.29, 0.717) is 24.9 Å². The molecule has 170 valence electrons. The molecule has 0 radical (unpaired) electrons. The number of benzene rings is 1. The summed E-state index contributed by atoms with van der Waals surface area (Å²) in [6, 6.07) is 4.54. The van der Waals surface area contributed by atoms with Gasteiger partial charge in [0.2, 0.25) is 0 Å². The van der Waals surface area contributed by atoms with Crippen molar-refractivity contribution in [3.63, 3.8) is 0 Å². The summed E-state index contributed by atoms with van der Waals surface area (Å²) < 4.78 is 5.57. The number of aromatic nitrogens is 2. The number of rotatable bonds is 10. The zero-order valence-electron chi connectivity index (χ0n) is 18.6. The molecule has 1 aliphatic rings. The number of hydrogen-bond donors (Lipinski definition) is 4. The van der Waals surface area contributed by atoms with Crippen molar-refractivity contribution >= 4 is 17.6 Å². The SMILES string of the molecule is COC1=CC=CCC1c1cc(NCc2cnc[nH]2)ccc1C(=O)N[C@@H](CC(C)C)C(=O)O. The number of carboxylic acids is 1. The molecule has 1 heterocycles. The molecule has 1 amide bonds. The smallest absolute Gasteiger partial charge is 0.326 e. The van der Waals surface area contributed by atoms with Crippen LogP contribution in [0.3, 0.4) is 0 Å². The lowest BCUT2D eigenvalue weighted by Crippen LogP contribution is -2.42. The van der Waals surface area contributed by atoms with Gasteiger partial charge in [-0.05, 0) is 48.6 Å². The number of nitrogens with zero attached hydrogens (tertiary/aromatic N) is 1. The Balaban J connectivity index is 1.91. The quantitative estimate of drug-likeness (QED) is 0.448. The van der Waals surface area contributed by atoms with E-state index in [1.165, 1.54) is 0 Å². The Labute approximate surface area is 187 Å². The van der Waals surface area contributed by atoms with Gasteiger partial charge >= 0.3 is 5.97 Å². The van der Waals surface area contributed by atoms with Crippen LogP contribution in [0, 0.1) is 5.92 Å². The number of carbonyl (C=O) groups excluding carboxylic acids is 1. The fraction of sp³-hybridized carbons (Fsp3) is 0.375. The third-order valence-corrected chi connectivity index (χ3v) is 5.37. The van der Waals surface area contributed by atoms with E-state index >= 15 is 0 Å². The Morgan fingerprint density at radius 3 is 2.81 bits per heavy atom. The van der Waals surface area contributed by atoms with E-state index in [4.69, 9.17) is 4.74 Å². The highest BCUT2D eigenvalue weighted by atomic mass is 16.5. The molecule has 1 aromatic carbocycles. The minimum absolute atomic E-state index is 0.136. The number of H-pyrrole nitrogens is 1. The maximum atomic E-state index is 13.2. The number of aliphatic carboxylic acids is 1. The minimum atomic E-state index is -1.04. The number of methoxy groups -OCH3 is 1. The molecule has 32 heavy (non-hydrogen) atoms. The molecule has 0 fully saturated rings. The minimum Gasteiger partial charge on any atom is -0.500 e. The maximum Gasteiger partial charge on any atom is 0.326 e. The zero-order valence-corrected chi connectivity index (χ0v) is 18.6. The van der Waals surface area contributed by atoms with Gasteiger partial charge in [0.05, 0.1) is 25.7 Å². The van der Waals surface area contributed by atoms with Crippen molar-refractivity contribution < 1.29 is 19.4 Å². The van der Waals surface area contributed by atoms with Crippen LogP contribution in [0.25, 0.3) is 0 Å². The van der Waals surface area contributed by atoms with Crippen LogP contribution < -0.4 is 10.6 Å². The summed E-state index contributed by atoms with van der Waals surface area (Å²) in [4.78, 5) is 31.9. The second-order valence-electron chi connectivity index (χ2n) is 8.22. The van der Waals surface area contributed by atoms with Gasteiger partial charge < -0.3 is 25.5 Å². The van der Waals surface area contributed by atoms with E-state index in [2.05, 4.69) is 20.6 Å². The van der Waals surface area contributed by atoms with Crippen molar-refractivity contribution in [3.8, 4) is 0 Å². The fourth-order valence-corrected chi connectivity index (χ4v) is 3.78. The van der Waals surface area contributed by atoms with Gasteiger partial charge in [0.1, 0.15) is 11.8 Å². The Kier molecular flexibility index (Phi) is 7.70.